The molecule has 0 unspecified atom stereocenters. The Balaban J connectivity index is 2.29. The number of aliphatic carboxylic acids is 1. The van der Waals surface area contributed by atoms with E-state index in [0.29, 0.717) is 5.92 Å². The third kappa shape index (κ3) is 4.20. The van der Waals surface area contributed by atoms with Crippen molar-refractivity contribution < 1.29 is 9.90 Å². The van der Waals surface area contributed by atoms with Crippen LogP contribution in [-0.4, -0.2) is 23.7 Å². The number of hydrogen-bond acceptors (Lipinski definition) is 2. The Hall–Kier alpha value is -0.570. The van der Waals surface area contributed by atoms with E-state index in [-0.39, 0.29) is 12.0 Å². The minimum atomic E-state index is -0.721. The van der Waals surface area contributed by atoms with Gasteiger partial charge in [-0.3, -0.25) is 4.79 Å². The second kappa shape index (κ2) is 6.11. The fourth-order valence-corrected chi connectivity index (χ4v) is 2.29. The quantitative estimate of drug-likeness (QED) is 0.736. The van der Waals surface area contributed by atoms with Crippen molar-refractivity contribution in [1.82, 2.24) is 5.32 Å². The molecule has 3 nitrogen and oxygen atoms in total. The molecule has 1 saturated carbocycles. The number of hydrogen-bond donors (Lipinski definition) is 2. The van der Waals surface area contributed by atoms with Gasteiger partial charge in [-0.1, -0.05) is 33.1 Å². The second-order valence-corrected chi connectivity index (χ2v) is 4.97. The maximum atomic E-state index is 11.0. The monoisotopic (exact) mass is 213 g/mol. The Morgan fingerprint density at radius 2 is 1.93 bits per heavy atom. The lowest BCUT2D eigenvalue weighted by Crippen LogP contribution is -2.43. The van der Waals surface area contributed by atoms with Crippen molar-refractivity contribution in [3.05, 3.63) is 0 Å². The predicted octanol–water partition coefficient (Wildman–Crippen LogP) is 2.27. The van der Waals surface area contributed by atoms with Crippen molar-refractivity contribution in [3.8, 4) is 0 Å². The van der Waals surface area contributed by atoms with E-state index < -0.39 is 5.97 Å². The minimum Gasteiger partial charge on any atom is -0.480 e. The fraction of sp³-hybridized carbons (Fsp3) is 0.917. The Morgan fingerprint density at radius 1 is 1.33 bits per heavy atom. The van der Waals surface area contributed by atoms with Crippen molar-refractivity contribution in [2.45, 2.75) is 52.0 Å². The van der Waals surface area contributed by atoms with E-state index in [2.05, 4.69) is 5.32 Å². The molecule has 15 heavy (non-hydrogen) atoms. The van der Waals surface area contributed by atoms with E-state index >= 15 is 0 Å². The average Bonchev–Trinajstić information content (AvgIpc) is 2.18. The highest BCUT2D eigenvalue weighted by molar-refractivity contribution is 5.73. The number of nitrogens with one attached hydrogen (secondary N) is 1. The summed E-state index contributed by atoms with van der Waals surface area (Å²) in [5.74, 6) is 0.131. The highest BCUT2D eigenvalue weighted by Gasteiger charge is 2.22. The van der Waals surface area contributed by atoms with Gasteiger partial charge in [-0.15, -0.1) is 0 Å². The van der Waals surface area contributed by atoms with Gasteiger partial charge in [-0.05, 0) is 31.2 Å². The highest BCUT2D eigenvalue weighted by Crippen LogP contribution is 2.23. The Morgan fingerprint density at radius 3 is 2.40 bits per heavy atom. The molecule has 0 amide bonds. The van der Waals surface area contributed by atoms with Crippen LogP contribution < -0.4 is 5.32 Å². The summed E-state index contributed by atoms with van der Waals surface area (Å²) in [5.41, 5.74) is 0. The van der Waals surface area contributed by atoms with Crippen LogP contribution in [0, 0.1) is 11.8 Å². The molecule has 0 spiro atoms. The summed E-state index contributed by atoms with van der Waals surface area (Å²) >= 11 is 0. The van der Waals surface area contributed by atoms with Gasteiger partial charge in [-0.25, -0.2) is 0 Å². The molecule has 1 fully saturated rings. The molecular formula is C12H23NO2. The summed E-state index contributed by atoms with van der Waals surface area (Å²) in [6.07, 6.45) is 6.50. The second-order valence-electron chi connectivity index (χ2n) is 4.97. The molecule has 88 valence electrons. The van der Waals surface area contributed by atoms with E-state index in [1.54, 1.807) is 0 Å². The van der Waals surface area contributed by atoms with Gasteiger partial charge >= 0.3 is 5.97 Å². The molecule has 1 aliphatic rings. The van der Waals surface area contributed by atoms with Gasteiger partial charge in [0.1, 0.15) is 6.04 Å². The zero-order chi connectivity index (χ0) is 11.3. The van der Waals surface area contributed by atoms with Crippen molar-refractivity contribution >= 4 is 5.97 Å². The summed E-state index contributed by atoms with van der Waals surface area (Å²) in [4.78, 5) is 11.0. The normalized spacial score (nSPS) is 20.5. The van der Waals surface area contributed by atoms with Crippen molar-refractivity contribution in [3.63, 3.8) is 0 Å². The predicted molar refractivity (Wildman–Crippen MR) is 60.8 cm³/mol. The molecule has 0 heterocycles. The molecule has 0 aromatic heterocycles. The van der Waals surface area contributed by atoms with Gasteiger partial charge < -0.3 is 10.4 Å². The van der Waals surface area contributed by atoms with E-state index in [0.717, 1.165) is 6.54 Å². The lowest BCUT2D eigenvalue weighted by Gasteiger charge is -2.25. The molecule has 0 aromatic rings. The summed E-state index contributed by atoms with van der Waals surface area (Å²) < 4.78 is 0. The standard InChI is InChI=1S/C12H23NO2/c1-9(2)11(12(14)15)13-8-10-6-4-3-5-7-10/h9-11,13H,3-8H2,1-2H3,(H,14,15)/t11-/m1/s1. The largest absolute Gasteiger partial charge is 0.480 e. The molecule has 0 saturated heterocycles. The molecule has 1 aliphatic carbocycles. The third-order valence-corrected chi connectivity index (χ3v) is 3.28. The van der Waals surface area contributed by atoms with E-state index in [1.165, 1.54) is 32.1 Å². The number of rotatable bonds is 5. The van der Waals surface area contributed by atoms with Gasteiger partial charge in [0.25, 0.3) is 0 Å². The van der Waals surface area contributed by atoms with Crippen LogP contribution >= 0.6 is 0 Å². The van der Waals surface area contributed by atoms with Crippen LogP contribution in [-0.2, 0) is 4.79 Å². The first-order chi connectivity index (χ1) is 7.11. The maximum Gasteiger partial charge on any atom is 0.320 e. The molecule has 0 bridgehead atoms. The van der Waals surface area contributed by atoms with Crippen LogP contribution in [0.25, 0.3) is 0 Å². The highest BCUT2D eigenvalue weighted by atomic mass is 16.4. The summed E-state index contributed by atoms with van der Waals surface area (Å²) in [6, 6.07) is -0.382. The van der Waals surface area contributed by atoms with Crippen LogP contribution in [0.3, 0.4) is 0 Å². The number of carbonyl (C=O) groups is 1. The number of carboxylic acids is 1. The first-order valence-corrected chi connectivity index (χ1v) is 6.07. The van der Waals surface area contributed by atoms with Crippen molar-refractivity contribution in [2.24, 2.45) is 11.8 Å². The molecule has 1 rings (SSSR count). The van der Waals surface area contributed by atoms with Crippen molar-refractivity contribution in [2.75, 3.05) is 6.54 Å². The smallest absolute Gasteiger partial charge is 0.320 e. The SMILES string of the molecule is CC(C)[C@@H](NCC1CCCCC1)C(=O)O. The van der Waals surface area contributed by atoms with E-state index in [4.69, 9.17) is 5.11 Å². The van der Waals surface area contributed by atoms with Crippen LogP contribution in [0.15, 0.2) is 0 Å². The third-order valence-electron chi connectivity index (χ3n) is 3.28. The minimum absolute atomic E-state index is 0.158. The Kier molecular flexibility index (Phi) is 5.09. The van der Waals surface area contributed by atoms with Crippen LogP contribution in [0.5, 0.6) is 0 Å². The van der Waals surface area contributed by atoms with Gasteiger partial charge in [-0.2, -0.15) is 0 Å². The lowest BCUT2D eigenvalue weighted by molar-refractivity contribution is -0.140. The molecule has 0 radical (unpaired) electrons. The van der Waals surface area contributed by atoms with Crippen LogP contribution in [0.1, 0.15) is 46.0 Å². The van der Waals surface area contributed by atoms with Gasteiger partial charge in [0.2, 0.25) is 0 Å². The Bertz CT molecular complexity index is 198. The molecule has 0 aliphatic heterocycles. The van der Waals surface area contributed by atoms with E-state index in [9.17, 15) is 4.79 Å². The lowest BCUT2D eigenvalue weighted by atomic mass is 9.89. The van der Waals surface area contributed by atoms with Crippen LogP contribution in [0.2, 0.25) is 0 Å². The Labute approximate surface area is 92.3 Å². The van der Waals surface area contributed by atoms with Gasteiger partial charge in [0, 0.05) is 0 Å². The zero-order valence-corrected chi connectivity index (χ0v) is 9.83. The van der Waals surface area contributed by atoms with Crippen molar-refractivity contribution in [1.29, 1.82) is 0 Å². The molecule has 2 N–H and O–H groups in total. The zero-order valence-electron chi connectivity index (χ0n) is 9.83. The van der Waals surface area contributed by atoms with Crippen LogP contribution in [0.4, 0.5) is 0 Å². The summed E-state index contributed by atoms with van der Waals surface area (Å²) in [6.45, 7) is 4.77. The van der Waals surface area contributed by atoms with Gasteiger partial charge in [0.05, 0.1) is 0 Å². The fourth-order valence-electron chi connectivity index (χ4n) is 2.29. The molecular weight excluding hydrogens is 190 g/mol. The maximum absolute atomic E-state index is 11.0. The first kappa shape index (κ1) is 12.5. The molecule has 0 aromatic carbocycles. The molecule has 3 heteroatoms. The van der Waals surface area contributed by atoms with Gasteiger partial charge in [0.15, 0.2) is 0 Å². The number of carboxylic acid groups (broad SMARTS) is 1. The summed E-state index contributed by atoms with van der Waals surface area (Å²) in [7, 11) is 0. The topological polar surface area (TPSA) is 49.3 Å². The summed E-state index contributed by atoms with van der Waals surface area (Å²) in [5, 5.41) is 12.2. The average molecular weight is 213 g/mol. The first-order valence-electron chi connectivity index (χ1n) is 6.07. The molecule has 1 atom stereocenters. The van der Waals surface area contributed by atoms with E-state index in [1.807, 2.05) is 13.8 Å².